The number of carbonyl (C=O) groups is 1. The molecule has 1 aliphatic heterocycles. The number of benzene rings is 1. The zero-order chi connectivity index (χ0) is 18.4. The monoisotopic (exact) mass is 371 g/mol. The van der Waals surface area contributed by atoms with Crippen molar-refractivity contribution in [2.45, 2.75) is 18.9 Å². The highest BCUT2D eigenvalue weighted by atomic mass is 32.1. The van der Waals surface area contributed by atoms with Crippen LogP contribution in [0.4, 0.5) is 5.00 Å². The van der Waals surface area contributed by atoms with E-state index in [1.54, 1.807) is 12.1 Å². The summed E-state index contributed by atoms with van der Waals surface area (Å²) in [5, 5.41) is 13.7. The van der Waals surface area contributed by atoms with Gasteiger partial charge in [-0.15, -0.1) is 0 Å². The summed E-state index contributed by atoms with van der Waals surface area (Å²) >= 11 is 1.05. The molecule has 0 bridgehead atoms. The van der Waals surface area contributed by atoms with E-state index >= 15 is 0 Å². The summed E-state index contributed by atoms with van der Waals surface area (Å²) in [6, 6.07) is 13.5. The van der Waals surface area contributed by atoms with Crippen LogP contribution in [0.5, 0.6) is 0 Å². The smallest absolute Gasteiger partial charge is 0.324 e. The summed E-state index contributed by atoms with van der Waals surface area (Å²) in [6.45, 7) is 2.63. The molecule has 1 unspecified atom stereocenters. The van der Waals surface area contributed by atoms with Gasteiger partial charge in [-0.25, -0.2) is 0 Å². The van der Waals surface area contributed by atoms with E-state index in [-0.39, 0.29) is 17.0 Å². The Hall–Kier alpha value is -2.51. The Morgan fingerprint density at radius 1 is 1.23 bits per heavy atom. The number of nitro groups is 1. The fourth-order valence-electron chi connectivity index (χ4n) is 3.13. The maximum Gasteiger partial charge on any atom is 0.324 e. The topological polar surface area (TPSA) is 75.5 Å². The minimum absolute atomic E-state index is 0.0724. The van der Waals surface area contributed by atoms with E-state index in [9.17, 15) is 14.9 Å². The van der Waals surface area contributed by atoms with Crippen molar-refractivity contribution in [2.75, 3.05) is 19.6 Å². The van der Waals surface area contributed by atoms with Gasteiger partial charge in [0.25, 0.3) is 0 Å². The van der Waals surface area contributed by atoms with Crippen molar-refractivity contribution in [1.82, 2.24) is 10.2 Å². The predicted molar refractivity (Wildman–Crippen MR) is 103 cm³/mol. The van der Waals surface area contributed by atoms with Gasteiger partial charge in [0.2, 0.25) is 5.91 Å². The van der Waals surface area contributed by atoms with Crippen molar-refractivity contribution in [3.63, 3.8) is 0 Å². The second-order valence-electron chi connectivity index (χ2n) is 6.18. The second-order valence-corrected chi connectivity index (χ2v) is 7.27. The maximum atomic E-state index is 12.2. The number of likely N-dealkylation sites (tertiary alicyclic amines) is 1. The second kappa shape index (κ2) is 8.73. The number of nitrogens with zero attached hydrogens (tertiary/aromatic N) is 2. The quantitative estimate of drug-likeness (QED) is 0.458. The van der Waals surface area contributed by atoms with Gasteiger partial charge in [0.15, 0.2) is 0 Å². The predicted octanol–water partition coefficient (Wildman–Crippen LogP) is 3.62. The highest BCUT2D eigenvalue weighted by Gasteiger charge is 2.23. The number of hydrogen-bond acceptors (Lipinski definition) is 5. The Balaban J connectivity index is 1.60. The highest BCUT2D eigenvalue weighted by Crippen LogP contribution is 2.25. The first-order valence-electron chi connectivity index (χ1n) is 8.62. The first-order chi connectivity index (χ1) is 12.6. The van der Waals surface area contributed by atoms with Gasteiger partial charge in [0, 0.05) is 23.6 Å². The molecule has 0 aliphatic carbocycles. The molecule has 2 heterocycles. The largest absolute Gasteiger partial charge is 0.351 e. The first kappa shape index (κ1) is 18.3. The van der Waals surface area contributed by atoms with Crippen molar-refractivity contribution in [1.29, 1.82) is 0 Å². The van der Waals surface area contributed by atoms with Crippen LogP contribution in [0.2, 0.25) is 0 Å². The standard InChI is InChI=1S/C19H21N3O3S/c23-18(10-8-16-9-11-19(26-16)22(24)25)20-14-17(21-12-4-5-13-21)15-6-2-1-3-7-15/h1-3,6-11,17H,4-5,12-14H2,(H,20,23)/b10-8+. The number of amides is 1. The molecule has 1 aliphatic rings. The Labute approximate surface area is 156 Å². The van der Waals surface area contributed by atoms with E-state index in [0.29, 0.717) is 11.4 Å². The van der Waals surface area contributed by atoms with Crippen molar-refractivity contribution >= 4 is 28.3 Å². The lowest BCUT2D eigenvalue weighted by Gasteiger charge is -2.28. The third-order valence-electron chi connectivity index (χ3n) is 4.43. The van der Waals surface area contributed by atoms with Gasteiger partial charge >= 0.3 is 5.00 Å². The van der Waals surface area contributed by atoms with Gasteiger partial charge in [0.1, 0.15) is 0 Å². The average molecular weight is 371 g/mol. The molecule has 136 valence electrons. The van der Waals surface area contributed by atoms with Gasteiger partial charge in [-0.3, -0.25) is 19.8 Å². The fourth-order valence-corrected chi connectivity index (χ4v) is 3.85. The number of hydrogen-bond donors (Lipinski definition) is 1. The summed E-state index contributed by atoms with van der Waals surface area (Å²) in [4.78, 5) is 25.5. The molecular weight excluding hydrogens is 350 g/mol. The number of thiophene rings is 1. The van der Waals surface area contributed by atoms with Crippen LogP contribution in [0.3, 0.4) is 0 Å². The minimum atomic E-state index is -0.428. The van der Waals surface area contributed by atoms with E-state index in [1.165, 1.54) is 30.5 Å². The van der Waals surface area contributed by atoms with Crippen LogP contribution in [-0.2, 0) is 4.79 Å². The van der Waals surface area contributed by atoms with E-state index < -0.39 is 4.92 Å². The highest BCUT2D eigenvalue weighted by molar-refractivity contribution is 7.16. The van der Waals surface area contributed by atoms with Gasteiger partial charge in [0.05, 0.1) is 11.0 Å². The SMILES string of the molecule is O=C(/C=C/c1ccc([N+](=O)[O-])s1)NCC(c1ccccc1)N1CCCC1. The summed E-state index contributed by atoms with van der Waals surface area (Å²) in [6.07, 6.45) is 5.42. The summed E-state index contributed by atoms with van der Waals surface area (Å²) in [5.41, 5.74) is 1.20. The Morgan fingerprint density at radius 3 is 2.62 bits per heavy atom. The van der Waals surface area contributed by atoms with Crippen LogP contribution < -0.4 is 5.32 Å². The molecule has 1 amide bonds. The molecule has 0 radical (unpaired) electrons. The molecule has 1 saturated heterocycles. The third kappa shape index (κ3) is 4.77. The van der Waals surface area contributed by atoms with Crippen LogP contribution in [0.25, 0.3) is 6.08 Å². The third-order valence-corrected chi connectivity index (χ3v) is 5.43. The number of nitrogens with one attached hydrogen (secondary N) is 1. The van der Waals surface area contributed by atoms with E-state index in [0.717, 1.165) is 24.4 Å². The van der Waals surface area contributed by atoms with E-state index in [2.05, 4.69) is 22.3 Å². The van der Waals surface area contributed by atoms with Crippen LogP contribution in [0.15, 0.2) is 48.5 Å². The molecule has 1 aromatic carbocycles. The molecule has 1 fully saturated rings. The van der Waals surface area contributed by atoms with Crippen LogP contribution in [0, 0.1) is 10.1 Å². The molecular formula is C19H21N3O3S. The van der Waals surface area contributed by atoms with Gasteiger partial charge in [-0.05, 0) is 43.6 Å². The minimum Gasteiger partial charge on any atom is -0.351 e. The molecule has 0 spiro atoms. The van der Waals surface area contributed by atoms with Gasteiger partial charge < -0.3 is 5.32 Å². The molecule has 2 aromatic rings. The normalized spacial score (nSPS) is 16.0. The molecule has 7 heteroatoms. The first-order valence-corrected chi connectivity index (χ1v) is 9.44. The average Bonchev–Trinajstić information content (AvgIpc) is 3.33. The van der Waals surface area contributed by atoms with Crippen LogP contribution in [-0.4, -0.2) is 35.4 Å². The zero-order valence-electron chi connectivity index (χ0n) is 14.3. The summed E-state index contributed by atoms with van der Waals surface area (Å²) < 4.78 is 0. The van der Waals surface area contributed by atoms with Crippen molar-refractivity contribution < 1.29 is 9.72 Å². The summed E-state index contributed by atoms with van der Waals surface area (Å²) in [5.74, 6) is -0.193. The zero-order valence-corrected chi connectivity index (χ0v) is 15.2. The van der Waals surface area contributed by atoms with Crippen molar-refractivity contribution in [3.8, 4) is 0 Å². The van der Waals surface area contributed by atoms with Crippen LogP contribution >= 0.6 is 11.3 Å². The molecule has 1 atom stereocenters. The molecule has 1 N–H and O–H groups in total. The van der Waals surface area contributed by atoms with E-state index in [1.807, 2.05) is 18.2 Å². The Bertz CT molecular complexity index is 782. The molecule has 1 aromatic heterocycles. The number of carbonyl (C=O) groups excluding carboxylic acids is 1. The summed E-state index contributed by atoms with van der Waals surface area (Å²) in [7, 11) is 0. The molecule has 26 heavy (non-hydrogen) atoms. The van der Waals surface area contributed by atoms with Gasteiger partial charge in [-0.2, -0.15) is 0 Å². The maximum absolute atomic E-state index is 12.2. The van der Waals surface area contributed by atoms with Crippen molar-refractivity contribution in [3.05, 3.63) is 69.1 Å². The Kier molecular flexibility index (Phi) is 6.14. The van der Waals surface area contributed by atoms with Gasteiger partial charge in [-0.1, -0.05) is 41.7 Å². The van der Waals surface area contributed by atoms with Crippen molar-refractivity contribution in [2.24, 2.45) is 0 Å². The van der Waals surface area contributed by atoms with Crippen LogP contribution in [0.1, 0.15) is 29.3 Å². The lowest BCUT2D eigenvalue weighted by molar-refractivity contribution is -0.380. The fraction of sp³-hybridized carbons (Fsp3) is 0.316. The Morgan fingerprint density at radius 2 is 1.96 bits per heavy atom. The molecule has 6 nitrogen and oxygen atoms in total. The lowest BCUT2D eigenvalue weighted by atomic mass is 10.1. The number of rotatable bonds is 7. The molecule has 0 saturated carbocycles. The lowest BCUT2D eigenvalue weighted by Crippen LogP contribution is -2.36. The van der Waals surface area contributed by atoms with E-state index in [4.69, 9.17) is 0 Å². The molecule has 3 rings (SSSR count).